The van der Waals surface area contributed by atoms with Crippen molar-refractivity contribution in [1.82, 2.24) is 0 Å². The second-order valence-electron chi connectivity index (χ2n) is 2.54. The van der Waals surface area contributed by atoms with Gasteiger partial charge in [-0.25, -0.2) is 0 Å². The van der Waals surface area contributed by atoms with Gasteiger partial charge in [0.1, 0.15) is 6.29 Å². The summed E-state index contributed by atoms with van der Waals surface area (Å²) in [5.41, 5.74) is 1.08. The first-order chi connectivity index (χ1) is 5.79. The average molecular weight is 245 g/mol. The van der Waals surface area contributed by atoms with Gasteiger partial charge in [0.05, 0.1) is 0 Å². The average Bonchev–Trinajstić information content (AvgIpc) is 2.16. The Bertz CT molecular complexity index is 275. The Kier molecular flexibility index (Phi) is 3.82. The molecule has 3 heteroatoms. The number of aldehydes is 1. The molecule has 0 fully saturated rings. The molecule has 12 heavy (non-hydrogen) atoms. The topological polar surface area (TPSA) is 17.1 Å². The zero-order chi connectivity index (χ0) is 8.97. The van der Waals surface area contributed by atoms with Crippen LogP contribution in [-0.4, -0.2) is 6.29 Å². The Morgan fingerprint density at radius 3 is 2.75 bits per heavy atom. The van der Waals surface area contributed by atoms with Gasteiger partial charge in [0, 0.05) is 10.8 Å². The van der Waals surface area contributed by atoms with Gasteiger partial charge < -0.3 is 4.79 Å². The van der Waals surface area contributed by atoms with Gasteiger partial charge in [-0.1, -0.05) is 25.1 Å². The molecule has 64 valence electrons. The lowest BCUT2D eigenvalue weighted by Crippen LogP contribution is -1.95. The summed E-state index contributed by atoms with van der Waals surface area (Å²) in [6.07, 6.45) is 0.960. The third-order valence-corrected chi connectivity index (χ3v) is 3.28. The van der Waals surface area contributed by atoms with E-state index >= 15 is 0 Å². The first-order valence-electron chi connectivity index (χ1n) is 3.62. The maximum absolute atomic E-state index is 10.5. The third kappa shape index (κ3) is 2.11. The molecule has 1 atom stereocenters. The second kappa shape index (κ2) is 4.67. The zero-order valence-electron chi connectivity index (χ0n) is 6.66. The highest BCUT2D eigenvalue weighted by Gasteiger charge is 2.07. The summed E-state index contributed by atoms with van der Waals surface area (Å²) >= 11 is 3.31. The number of carbonyl (C=O) groups is 1. The van der Waals surface area contributed by atoms with E-state index in [2.05, 4.69) is 14.8 Å². The fraction of sp³-hybridized carbons (Fsp3) is 0.222. The zero-order valence-corrected chi connectivity index (χ0v) is 9.06. The summed E-state index contributed by atoms with van der Waals surface area (Å²) in [5, 5.41) is 0. The van der Waals surface area contributed by atoms with E-state index in [-0.39, 0.29) is 5.92 Å². The molecule has 0 aliphatic rings. The first-order valence-corrected chi connectivity index (χ1v) is 6.28. The molecule has 0 radical (unpaired) electrons. The molecule has 0 saturated carbocycles. The molecule has 0 heterocycles. The van der Waals surface area contributed by atoms with Crippen LogP contribution in [0.25, 0.3) is 0 Å². The molecule has 0 aromatic heterocycles. The van der Waals surface area contributed by atoms with E-state index in [1.54, 1.807) is 0 Å². The van der Waals surface area contributed by atoms with E-state index in [9.17, 15) is 4.79 Å². The largest absolute Gasteiger partial charge is 0.303 e. The lowest BCUT2D eigenvalue weighted by Gasteiger charge is -2.07. The van der Waals surface area contributed by atoms with Crippen LogP contribution in [0.4, 0.5) is 0 Å². The highest BCUT2D eigenvalue weighted by atomic mass is 79.9. The minimum absolute atomic E-state index is 0.0220. The van der Waals surface area contributed by atoms with Gasteiger partial charge in [-0.05, 0) is 36.6 Å². The summed E-state index contributed by atoms with van der Waals surface area (Å²) in [5.74, 6) is -0.0220. The quantitative estimate of drug-likeness (QED) is 0.759. The van der Waals surface area contributed by atoms with Crippen LogP contribution in [0.5, 0.6) is 0 Å². The standard InChI is InChI=1S/C9H9BrOS/c1-7(6-11)8-4-2-3-5-9(8)12-10/h2-7H,1H3. The van der Waals surface area contributed by atoms with E-state index in [1.807, 2.05) is 31.2 Å². The second-order valence-corrected chi connectivity index (χ2v) is 4.11. The lowest BCUT2D eigenvalue weighted by atomic mass is 10.0. The normalized spacial score (nSPS) is 12.5. The van der Waals surface area contributed by atoms with E-state index in [4.69, 9.17) is 0 Å². The maximum Gasteiger partial charge on any atom is 0.127 e. The Balaban J connectivity index is 3.04. The Hall–Kier alpha value is -0.280. The molecule has 1 rings (SSSR count). The van der Waals surface area contributed by atoms with Crippen LogP contribution in [0.3, 0.4) is 0 Å². The Morgan fingerprint density at radius 1 is 1.50 bits per heavy atom. The first kappa shape index (κ1) is 9.81. The highest BCUT2D eigenvalue weighted by molar-refractivity contribution is 9.50. The molecule has 0 spiro atoms. The van der Waals surface area contributed by atoms with E-state index in [0.717, 1.165) is 16.7 Å². The number of rotatable bonds is 3. The van der Waals surface area contributed by atoms with Crippen molar-refractivity contribution in [3.63, 3.8) is 0 Å². The van der Waals surface area contributed by atoms with Crippen molar-refractivity contribution in [3.8, 4) is 0 Å². The van der Waals surface area contributed by atoms with Crippen molar-refractivity contribution in [2.75, 3.05) is 0 Å². The molecule has 1 aromatic carbocycles. The Labute approximate surface area is 83.8 Å². The molecule has 0 saturated heterocycles. The SMILES string of the molecule is CC(C=O)c1ccccc1SBr. The Morgan fingerprint density at radius 2 is 2.17 bits per heavy atom. The summed E-state index contributed by atoms with van der Waals surface area (Å²) in [6.45, 7) is 1.90. The van der Waals surface area contributed by atoms with Crippen molar-refractivity contribution in [2.24, 2.45) is 0 Å². The molecule has 0 bridgehead atoms. The van der Waals surface area contributed by atoms with Crippen molar-refractivity contribution in [1.29, 1.82) is 0 Å². The summed E-state index contributed by atoms with van der Waals surface area (Å²) < 4.78 is 0. The third-order valence-electron chi connectivity index (χ3n) is 1.70. The fourth-order valence-corrected chi connectivity index (χ4v) is 2.36. The van der Waals surface area contributed by atoms with Gasteiger partial charge in [-0.15, -0.1) is 0 Å². The van der Waals surface area contributed by atoms with Crippen LogP contribution >= 0.6 is 25.0 Å². The van der Waals surface area contributed by atoms with Crippen LogP contribution in [0.2, 0.25) is 0 Å². The fourth-order valence-electron chi connectivity index (χ4n) is 1.00. The lowest BCUT2D eigenvalue weighted by molar-refractivity contribution is -0.108. The molecular weight excluding hydrogens is 236 g/mol. The molecule has 1 aromatic rings. The van der Waals surface area contributed by atoms with Crippen molar-refractivity contribution in [2.45, 2.75) is 17.7 Å². The van der Waals surface area contributed by atoms with E-state index in [0.29, 0.717) is 0 Å². The van der Waals surface area contributed by atoms with Crippen LogP contribution in [0.1, 0.15) is 18.4 Å². The number of halogens is 1. The molecule has 0 aliphatic heterocycles. The van der Waals surface area contributed by atoms with Gasteiger partial charge >= 0.3 is 0 Å². The maximum atomic E-state index is 10.5. The summed E-state index contributed by atoms with van der Waals surface area (Å²) in [4.78, 5) is 11.7. The number of hydrogen-bond acceptors (Lipinski definition) is 2. The molecule has 1 unspecified atom stereocenters. The van der Waals surface area contributed by atoms with Crippen LogP contribution < -0.4 is 0 Å². The minimum Gasteiger partial charge on any atom is -0.303 e. The molecular formula is C9H9BrOS. The van der Waals surface area contributed by atoms with Crippen LogP contribution in [-0.2, 0) is 4.79 Å². The molecule has 1 nitrogen and oxygen atoms in total. The number of benzene rings is 1. The predicted molar refractivity (Wildman–Crippen MR) is 55.7 cm³/mol. The highest BCUT2D eigenvalue weighted by Crippen LogP contribution is 2.31. The smallest absolute Gasteiger partial charge is 0.127 e. The van der Waals surface area contributed by atoms with E-state index < -0.39 is 0 Å². The summed E-state index contributed by atoms with van der Waals surface area (Å²) in [7, 11) is 1.49. The molecule has 0 amide bonds. The van der Waals surface area contributed by atoms with E-state index in [1.165, 1.54) is 10.2 Å². The van der Waals surface area contributed by atoms with Crippen molar-refractivity contribution >= 4 is 31.3 Å². The van der Waals surface area contributed by atoms with Crippen molar-refractivity contribution < 1.29 is 4.79 Å². The van der Waals surface area contributed by atoms with Crippen molar-refractivity contribution in [3.05, 3.63) is 29.8 Å². The van der Waals surface area contributed by atoms with Gasteiger partial charge in [-0.3, -0.25) is 0 Å². The van der Waals surface area contributed by atoms with Gasteiger partial charge in [0.2, 0.25) is 0 Å². The summed E-state index contributed by atoms with van der Waals surface area (Å²) in [6, 6.07) is 7.88. The molecule has 0 aliphatic carbocycles. The predicted octanol–water partition coefficient (Wildman–Crippen LogP) is 3.39. The van der Waals surface area contributed by atoms with Gasteiger partial charge in [-0.2, -0.15) is 0 Å². The number of carbonyl (C=O) groups excluding carboxylic acids is 1. The number of hydrogen-bond donors (Lipinski definition) is 0. The molecule has 0 N–H and O–H groups in total. The van der Waals surface area contributed by atoms with Gasteiger partial charge in [0.15, 0.2) is 0 Å². The monoisotopic (exact) mass is 244 g/mol. The minimum atomic E-state index is -0.0220. The van der Waals surface area contributed by atoms with Crippen LogP contribution in [0.15, 0.2) is 29.2 Å². The van der Waals surface area contributed by atoms with Crippen LogP contribution in [0, 0.1) is 0 Å². The van der Waals surface area contributed by atoms with Gasteiger partial charge in [0.25, 0.3) is 0 Å².